The fourth-order valence-electron chi connectivity index (χ4n) is 4.71. The Balaban J connectivity index is 0.00000162. The van der Waals surface area contributed by atoms with E-state index < -0.39 is 46.1 Å². The summed E-state index contributed by atoms with van der Waals surface area (Å²) < 4.78 is 0. The first-order valence-corrected chi connectivity index (χ1v) is 9.36. The summed E-state index contributed by atoms with van der Waals surface area (Å²) in [4.78, 5) is 48.7. The van der Waals surface area contributed by atoms with Crippen LogP contribution in [0.15, 0.2) is 48.5 Å². The SMILES string of the molecule is O=C(O)c1c(C(=O)O)c2c(C(=O)O)ccc3c4cccc5cccc(c(c1C(=O)O)c23)c54.[H-].[K+]. The number of hydrogen-bond donors (Lipinski definition) is 4. The van der Waals surface area contributed by atoms with E-state index in [4.69, 9.17) is 0 Å². The molecule has 0 fully saturated rings. The van der Waals surface area contributed by atoms with Crippen molar-refractivity contribution in [3.05, 3.63) is 70.8 Å². The second-order valence-corrected chi connectivity index (χ2v) is 7.34. The molecule has 4 N–H and O–H groups in total. The van der Waals surface area contributed by atoms with Gasteiger partial charge in [0, 0.05) is 16.2 Å². The Labute approximate surface area is 228 Å². The van der Waals surface area contributed by atoms with Crippen LogP contribution in [-0.2, 0) is 0 Å². The number of aromatic carboxylic acids is 4. The molecule has 0 atom stereocenters. The minimum absolute atomic E-state index is 0. The van der Waals surface area contributed by atoms with Crippen molar-refractivity contribution in [2.75, 3.05) is 0 Å². The summed E-state index contributed by atoms with van der Waals surface area (Å²) in [6.07, 6.45) is 0. The van der Waals surface area contributed by atoms with Crippen molar-refractivity contribution < 1.29 is 92.4 Å². The Bertz CT molecular complexity index is 1690. The molecule has 0 saturated heterocycles. The third-order valence-corrected chi connectivity index (χ3v) is 5.79. The van der Waals surface area contributed by atoms with Gasteiger partial charge in [0.1, 0.15) is 0 Å². The molecule has 0 saturated carbocycles. The minimum Gasteiger partial charge on any atom is -1.00 e. The van der Waals surface area contributed by atoms with Crippen molar-refractivity contribution in [3.8, 4) is 0 Å². The van der Waals surface area contributed by atoms with Gasteiger partial charge >= 0.3 is 75.3 Å². The summed E-state index contributed by atoms with van der Waals surface area (Å²) in [5, 5.41) is 42.3. The van der Waals surface area contributed by atoms with E-state index in [1.165, 1.54) is 12.1 Å². The summed E-state index contributed by atoms with van der Waals surface area (Å²) in [5.74, 6) is -6.58. The van der Waals surface area contributed by atoms with E-state index in [-0.39, 0.29) is 69.0 Å². The predicted octanol–water partition coefficient (Wildman–Crippen LogP) is 1.65. The quantitative estimate of drug-likeness (QED) is 0.177. The zero-order chi connectivity index (χ0) is 22.9. The maximum absolute atomic E-state index is 12.3. The van der Waals surface area contributed by atoms with Gasteiger partial charge in [-0.25, -0.2) is 19.2 Å². The molecule has 0 aromatic heterocycles. The summed E-state index contributed by atoms with van der Waals surface area (Å²) in [7, 11) is 0. The number of carbonyl (C=O) groups is 4. The summed E-state index contributed by atoms with van der Waals surface area (Å²) in [6, 6.07) is 13.2. The van der Waals surface area contributed by atoms with E-state index in [1.807, 2.05) is 12.1 Å². The number of rotatable bonds is 4. The topological polar surface area (TPSA) is 149 Å². The number of carboxylic acid groups (broad SMARTS) is 4. The van der Waals surface area contributed by atoms with E-state index in [0.717, 1.165) is 5.39 Å². The fraction of sp³-hybridized carbons (Fsp3) is 0. The molecule has 0 aliphatic rings. The standard InChI is InChI=1S/C24H12O8.K.H/c25-21(26)13-8-7-11-10-5-1-3-9-4-2-6-12(14(9)10)16-15(11)17(13)19(23(29)30)20(24(31)32)18(16)22(27)28;;/h1-8H,(H,25,26)(H,27,28)(H,29,30)(H,31,32);;/q;+1;-1. The van der Waals surface area contributed by atoms with Crippen LogP contribution in [-0.4, -0.2) is 44.3 Å². The van der Waals surface area contributed by atoms with Crippen LogP contribution in [0.5, 0.6) is 0 Å². The average Bonchev–Trinajstić information content (AvgIpc) is 2.75. The van der Waals surface area contributed by atoms with Crippen LogP contribution in [0.3, 0.4) is 0 Å². The number of benzene rings is 5. The molecule has 9 heteroatoms. The van der Waals surface area contributed by atoms with Crippen LogP contribution in [0.1, 0.15) is 42.9 Å². The van der Waals surface area contributed by atoms with E-state index in [9.17, 15) is 39.6 Å². The van der Waals surface area contributed by atoms with Gasteiger partial charge in [-0.2, -0.15) is 0 Å². The van der Waals surface area contributed by atoms with Gasteiger partial charge in [-0.05, 0) is 33.0 Å². The molecule has 5 aromatic rings. The van der Waals surface area contributed by atoms with Gasteiger partial charge in [-0.3, -0.25) is 0 Å². The summed E-state index contributed by atoms with van der Waals surface area (Å²) in [5.41, 5.74) is -2.93. The predicted molar refractivity (Wildman–Crippen MR) is 117 cm³/mol. The molecule has 5 rings (SSSR count). The summed E-state index contributed by atoms with van der Waals surface area (Å²) in [6.45, 7) is 0. The maximum Gasteiger partial charge on any atom is 1.00 e. The van der Waals surface area contributed by atoms with E-state index >= 15 is 0 Å². The van der Waals surface area contributed by atoms with Crippen LogP contribution in [0.2, 0.25) is 0 Å². The van der Waals surface area contributed by atoms with E-state index in [1.54, 1.807) is 24.3 Å². The Morgan fingerprint density at radius 2 is 1.03 bits per heavy atom. The first-order chi connectivity index (χ1) is 15.2. The second kappa shape index (κ2) is 8.05. The largest absolute Gasteiger partial charge is 1.00 e. The van der Waals surface area contributed by atoms with Crippen LogP contribution in [0.25, 0.3) is 43.1 Å². The number of fused-ring (bicyclic) bond motifs is 2. The van der Waals surface area contributed by atoms with Gasteiger partial charge in [0.25, 0.3) is 0 Å². The Hall–Kier alpha value is -3.08. The maximum atomic E-state index is 12.3. The minimum atomic E-state index is -1.77. The van der Waals surface area contributed by atoms with Gasteiger partial charge in [0.05, 0.1) is 22.3 Å². The number of carboxylic acids is 4. The molecule has 0 amide bonds. The van der Waals surface area contributed by atoms with Gasteiger partial charge in [0.2, 0.25) is 0 Å². The second-order valence-electron chi connectivity index (χ2n) is 7.34. The Morgan fingerprint density at radius 1 is 0.515 bits per heavy atom. The number of hydrogen-bond acceptors (Lipinski definition) is 4. The van der Waals surface area contributed by atoms with E-state index in [0.29, 0.717) is 21.5 Å². The van der Waals surface area contributed by atoms with Gasteiger partial charge in [0.15, 0.2) is 0 Å². The van der Waals surface area contributed by atoms with Crippen LogP contribution >= 0.6 is 0 Å². The van der Waals surface area contributed by atoms with Gasteiger partial charge in [-0.15, -0.1) is 0 Å². The molecule has 0 unspecified atom stereocenters. The zero-order valence-corrected chi connectivity index (χ0v) is 20.2. The van der Waals surface area contributed by atoms with Crippen molar-refractivity contribution in [1.82, 2.24) is 0 Å². The molecule has 0 radical (unpaired) electrons. The molecule has 0 aliphatic heterocycles. The monoisotopic (exact) mass is 468 g/mol. The van der Waals surface area contributed by atoms with Crippen molar-refractivity contribution in [1.29, 1.82) is 0 Å². The fourth-order valence-corrected chi connectivity index (χ4v) is 4.71. The Kier molecular flexibility index (Phi) is 5.63. The van der Waals surface area contributed by atoms with Crippen LogP contribution < -0.4 is 51.4 Å². The molecular weight excluding hydrogens is 455 g/mol. The van der Waals surface area contributed by atoms with Crippen molar-refractivity contribution in [2.45, 2.75) is 0 Å². The van der Waals surface area contributed by atoms with Crippen LogP contribution in [0.4, 0.5) is 0 Å². The van der Waals surface area contributed by atoms with Gasteiger partial charge in [-0.1, -0.05) is 42.5 Å². The molecule has 0 spiro atoms. The molecule has 33 heavy (non-hydrogen) atoms. The first kappa shape index (κ1) is 23.1. The molecule has 0 bridgehead atoms. The third kappa shape index (κ3) is 3.12. The van der Waals surface area contributed by atoms with Gasteiger partial charge < -0.3 is 21.9 Å². The first-order valence-electron chi connectivity index (χ1n) is 9.36. The van der Waals surface area contributed by atoms with Crippen molar-refractivity contribution in [2.24, 2.45) is 0 Å². The molecule has 5 aromatic carbocycles. The molecule has 8 nitrogen and oxygen atoms in total. The third-order valence-electron chi connectivity index (χ3n) is 5.79. The smallest absolute Gasteiger partial charge is 1.00 e. The molecular formula is C24H13KO8. The summed E-state index contributed by atoms with van der Waals surface area (Å²) >= 11 is 0. The Morgan fingerprint density at radius 3 is 1.58 bits per heavy atom. The molecule has 0 heterocycles. The van der Waals surface area contributed by atoms with Crippen LogP contribution in [0, 0.1) is 0 Å². The van der Waals surface area contributed by atoms with E-state index in [2.05, 4.69) is 0 Å². The normalized spacial score (nSPS) is 11.2. The molecule has 0 aliphatic carbocycles. The van der Waals surface area contributed by atoms with Crippen molar-refractivity contribution in [3.63, 3.8) is 0 Å². The average molecular weight is 468 g/mol. The molecule has 158 valence electrons. The van der Waals surface area contributed by atoms with Crippen molar-refractivity contribution >= 4 is 67.0 Å². The zero-order valence-electron chi connectivity index (χ0n) is 18.0.